The largest absolute Gasteiger partial charge is 0.497 e. The van der Waals surface area contributed by atoms with Gasteiger partial charge in [-0.15, -0.1) is 0 Å². The number of para-hydroxylation sites is 1. The van der Waals surface area contributed by atoms with Gasteiger partial charge in [0, 0.05) is 24.7 Å². The zero-order valence-electron chi connectivity index (χ0n) is 12.7. The molecule has 2 aromatic rings. The molecule has 1 fully saturated rings. The summed E-state index contributed by atoms with van der Waals surface area (Å²) in [5.74, 6) is 1.26. The minimum absolute atomic E-state index is 0.0257. The number of amides is 2. The second-order valence-corrected chi connectivity index (χ2v) is 5.50. The first-order chi connectivity index (χ1) is 10.8. The van der Waals surface area contributed by atoms with Gasteiger partial charge < -0.3 is 15.0 Å². The number of carbonyl (C=O) groups excluding carboxylic acids is 1. The molecular formula is C18H20N2O2. The van der Waals surface area contributed by atoms with Crippen LogP contribution in [0.15, 0.2) is 54.6 Å². The number of methoxy groups -OCH3 is 1. The molecule has 0 radical (unpaired) electrons. The fourth-order valence-corrected chi connectivity index (χ4v) is 2.82. The van der Waals surface area contributed by atoms with Gasteiger partial charge in [-0.25, -0.2) is 4.79 Å². The van der Waals surface area contributed by atoms with Crippen molar-refractivity contribution >= 4 is 11.7 Å². The van der Waals surface area contributed by atoms with Gasteiger partial charge in [-0.1, -0.05) is 30.3 Å². The monoisotopic (exact) mass is 296 g/mol. The highest BCUT2D eigenvalue weighted by Crippen LogP contribution is 2.28. The molecule has 0 aliphatic carbocycles. The molecule has 1 heterocycles. The third kappa shape index (κ3) is 3.22. The van der Waals surface area contributed by atoms with Gasteiger partial charge in [0.1, 0.15) is 5.75 Å². The number of rotatable bonds is 3. The first-order valence-electron chi connectivity index (χ1n) is 7.51. The molecule has 1 unspecified atom stereocenters. The number of ether oxygens (including phenoxy) is 1. The molecule has 3 rings (SSSR count). The predicted molar refractivity (Wildman–Crippen MR) is 87.4 cm³/mol. The molecule has 1 atom stereocenters. The number of carbonyl (C=O) groups is 1. The molecule has 0 saturated carbocycles. The lowest BCUT2D eigenvalue weighted by Crippen LogP contribution is -2.32. The molecule has 1 aliphatic rings. The maximum atomic E-state index is 12.3. The second kappa shape index (κ2) is 6.52. The van der Waals surface area contributed by atoms with E-state index in [9.17, 15) is 4.79 Å². The highest BCUT2D eigenvalue weighted by molar-refractivity contribution is 5.89. The Morgan fingerprint density at radius 1 is 1.14 bits per heavy atom. The summed E-state index contributed by atoms with van der Waals surface area (Å²) in [5.41, 5.74) is 2.09. The van der Waals surface area contributed by atoms with Crippen LogP contribution >= 0.6 is 0 Å². The van der Waals surface area contributed by atoms with Crippen LogP contribution in [0.1, 0.15) is 17.9 Å². The Morgan fingerprint density at radius 3 is 2.55 bits per heavy atom. The first-order valence-corrected chi connectivity index (χ1v) is 7.51. The predicted octanol–water partition coefficient (Wildman–Crippen LogP) is 3.72. The van der Waals surface area contributed by atoms with Crippen LogP contribution in [0.25, 0.3) is 0 Å². The smallest absolute Gasteiger partial charge is 0.321 e. The van der Waals surface area contributed by atoms with Crippen LogP contribution in [0.3, 0.4) is 0 Å². The van der Waals surface area contributed by atoms with Crippen LogP contribution in [0, 0.1) is 0 Å². The van der Waals surface area contributed by atoms with E-state index in [1.165, 1.54) is 5.56 Å². The molecule has 4 nitrogen and oxygen atoms in total. The molecule has 2 amide bonds. The Bertz CT molecular complexity index is 625. The molecule has 2 aromatic carbocycles. The summed E-state index contributed by atoms with van der Waals surface area (Å²) < 4.78 is 5.18. The summed E-state index contributed by atoms with van der Waals surface area (Å²) >= 11 is 0. The Labute approximate surface area is 130 Å². The molecule has 22 heavy (non-hydrogen) atoms. The second-order valence-electron chi connectivity index (χ2n) is 5.50. The van der Waals surface area contributed by atoms with Gasteiger partial charge in [-0.2, -0.15) is 0 Å². The lowest BCUT2D eigenvalue weighted by molar-refractivity contribution is 0.222. The van der Waals surface area contributed by atoms with Crippen molar-refractivity contribution in [1.29, 1.82) is 0 Å². The topological polar surface area (TPSA) is 41.6 Å². The molecule has 4 heteroatoms. The van der Waals surface area contributed by atoms with Crippen LogP contribution < -0.4 is 10.1 Å². The van der Waals surface area contributed by atoms with E-state index in [0.29, 0.717) is 5.92 Å². The molecule has 0 bridgehead atoms. The number of hydrogen-bond acceptors (Lipinski definition) is 2. The normalized spacial score (nSPS) is 17.3. The van der Waals surface area contributed by atoms with Crippen LogP contribution in [-0.2, 0) is 0 Å². The van der Waals surface area contributed by atoms with E-state index in [1.807, 2.05) is 47.4 Å². The van der Waals surface area contributed by atoms with E-state index in [-0.39, 0.29) is 6.03 Å². The number of nitrogens with zero attached hydrogens (tertiary/aromatic N) is 1. The summed E-state index contributed by atoms with van der Waals surface area (Å²) in [7, 11) is 1.67. The Balaban J connectivity index is 1.60. The zero-order valence-corrected chi connectivity index (χ0v) is 12.7. The van der Waals surface area contributed by atoms with E-state index in [2.05, 4.69) is 17.4 Å². The maximum absolute atomic E-state index is 12.3. The first kappa shape index (κ1) is 14.4. The summed E-state index contributed by atoms with van der Waals surface area (Å²) in [6, 6.07) is 17.7. The summed E-state index contributed by atoms with van der Waals surface area (Å²) in [5, 5.41) is 2.94. The van der Waals surface area contributed by atoms with E-state index >= 15 is 0 Å². The van der Waals surface area contributed by atoms with Gasteiger partial charge in [0.15, 0.2) is 0 Å². The SMILES string of the molecule is COc1ccc(C2CCN(C(=O)Nc3ccccc3)C2)cc1. The molecule has 1 saturated heterocycles. The summed E-state index contributed by atoms with van der Waals surface area (Å²) in [4.78, 5) is 14.2. The average Bonchev–Trinajstić information content (AvgIpc) is 3.06. The van der Waals surface area contributed by atoms with Gasteiger partial charge in [0.2, 0.25) is 0 Å². The highest BCUT2D eigenvalue weighted by Gasteiger charge is 2.27. The molecular weight excluding hydrogens is 276 g/mol. The van der Waals surface area contributed by atoms with E-state index in [4.69, 9.17) is 4.74 Å². The highest BCUT2D eigenvalue weighted by atomic mass is 16.5. The lowest BCUT2D eigenvalue weighted by Gasteiger charge is -2.17. The van der Waals surface area contributed by atoms with Gasteiger partial charge >= 0.3 is 6.03 Å². The number of hydrogen-bond donors (Lipinski definition) is 1. The number of anilines is 1. The van der Waals surface area contributed by atoms with Crippen LogP contribution in [0.4, 0.5) is 10.5 Å². The zero-order chi connectivity index (χ0) is 15.4. The van der Waals surface area contributed by atoms with Crippen molar-refractivity contribution < 1.29 is 9.53 Å². The number of nitrogens with one attached hydrogen (secondary N) is 1. The van der Waals surface area contributed by atoms with Crippen molar-refractivity contribution in [1.82, 2.24) is 4.90 Å². The third-order valence-electron chi connectivity index (χ3n) is 4.09. The van der Waals surface area contributed by atoms with Gasteiger partial charge in [-0.05, 0) is 36.2 Å². The molecule has 0 spiro atoms. The Hall–Kier alpha value is -2.49. The lowest BCUT2D eigenvalue weighted by atomic mass is 9.98. The van der Waals surface area contributed by atoms with E-state index in [1.54, 1.807) is 7.11 Å². The molecule has 1 N–H and O–H groups in total. The fourth-order valence-electron chi connectivity index (χ4n) is 2.82. The summed E-state index contributed by atoms with van der Waals surface area (Å²) in [6.45, 7) is 1.54. The average molecular weight is 296 g/mol. The van der Waals surface area contributed by atoms with Gasteiger partial charge in [-0.3, -0.25) is 0 Å². The van der Waals surface area contributed by atoms with Crippen molar-refractivity contribution in [3.63, 3.8) is 0 Å². The van der Waals surface area contributed by atoms with Crippen LogP contribution in [0.2, 0.25) is 0 Å². The van der Waals surface area contributed by atoms with Crippen molar-refractivity contribution in [3.8, 4) is 5.75 Å². The Morgan fingerprint density at radius 2 is 1.86 bits per heavy atom. The minimum atomic E-state index is -0.0257. The molecule has 0 aromatic heterocycles. The van der Waals surface area contributed by atoms with Crippen molar-refractivity contribution in [2.75, 3.05) is 25.5 Å². The number of likely N-dealkylation sites (tertiary alicyclic amines) is 1. The van der Waals surface area contributed by atoms with Crippen molar-refractivity contribution in [3.05, 3.63) is 60.2 Å². The van der Waals surface area contributed by atoms with Gasteiger partial charge in [0.25, 0.3) is 0 Å². The van der Waals surface area contributed by atoms with E-state index in [0.717, 1.165) is 30.9 Å². The van der Waals surface area contributed by atoms with Crippen LogP contribution in [0.5, 0.6) is 5.75 Å². The Kier molecular flexibility index (Phi) is 4.28. The van der Waals surface area contributed by atoms with Crippen molar-refractivity contribution in [2.24, 2.45) is 0 Å². The minimum Gasteiger partial charge on any atom is -0.497 e. The maximum Gasteiger partial charge on any atom is 0.321 e. The molecule has 1 aliphatic heterocycles. The van der Waals surface area contributed by atoms with Crippen LogP contribution in [-0.4, -0.2) is 31.1 Å². The fraction of sp³-hybridized carbons (Fsp3) is 0.278. The standard InChI is InChI=1S/C18H20N2O2/c1-22-17-9-7-14(8-10-17)15-11-12-20(13-15)18(21)19-16-5-3-2-4-6-16/h2-10,15H,11-13H2,1H3,(H,19,21). The van der Waals surface area contributed by atoms with Gasteiger partial charge in [0.05, 0.1) is 7.11 Å². The van der Waals surface area contributed by atoms with Crippen molar-refractivity contribution in [2.45, 2.75) is 12.3 Å². The number of urea groups is 1. The van der Waals surface area contributed by atoms with E-state index < -0.39 is 0 Å². The third-order valence-corrected chi connectivity index (χ3v) is 4.09. The quantitative estimate of drug-likeness (QED) is 0.938. The molecule has 114 valence electrons. The number of benzene rings is 2. The summed E-state index contributed by atoms with van der Waals surface area (Å²) in [6.07, 6.45) is 0.995.